The van der Waals surface area contributed by atoms with E-state index in [0.29, 0.717) is 13.2 Å². The first-order chi connectivity index (χ1) is 12.2. The van der Waals surface area contributed by atoms with Gasteiger partial charge >= 0.3 is 0 Å². The second-order valence-electron chi connectivity index (χ2n) is 6.76. The number of hydrogen-bond donors (Lipinski definition) is 2. The van der Waals surface area contributed by atoms with Gasteiger partial charge in [-0.25, -0.2) is 0 Å². The molecule has 2 unspecified atom stereocenters. The van der Waals surface area contributed by atoms with Crippen molar-refractivity contribution in [1.29, 1.82) is 0 Å². The van der Waals surface area contributed by atoms with Crippen molar-refractivity contribution in [1.82, 2.24) is 5.32 Å². The van der Waals surface area contributed by atoms with Crippen molar-refractivity contribution in [3.05, 3.63) is 65.7 Å². The number of carbonyl (C=O) groups excluding carboxylic acids is 1. The van der Waals surface area contributed by atoms with E-state index in [1.807, 2.05) is 54.6 Å². The van der Waals surface area contributed by atoms with Gasteiger partial charge in [-0.1, -0.05) is 48.9 Å². The zero-order chi connectivity index (χ0) is 17.5. The Morgan fingerprint density at radius 2 is 1.73 bits per heavy atom. The van der Waals surface area contributed by atoms with Crippen molar-refractivity contribution in [3.63, 3.8) is 0 Å². The molecular formula is C21H27ClN2O2. The van der Waals surface area contributed by atoms with E-state index in [-0.39, 0.29) is 30.3 Å². The minimum absolute atomic E-state index is 0. The number of nitrogens with two attached hydrogens (primary N) is 1. The van der Waals surface area contributed by atoms with Crippen molar-refractivity contribution in [2.75, 3.05) is 0 Å². The number of amides is 1. The SMILES string of the molecule is Cl.NC1CCCC(C(=O)NCc2ccc(COc3ccccc3)cc2)C1. The maximum absolute atomic E-state index is 12.3. The smallest absolute Gasteiger partial charge is 0.223 e. The van der Waals surface area contributed by atoms with Crippen LogP contribution >= 0.6 is 12.4 Å². The Morgan fingerprint density at radius 1 is 1.04 bits per heavy atom. The lowest BCUT2D eigenvalue weighted by Gasteiger charge is -2.25. The summed E-state index contributed by atoms with van der Waals surface area (Å²) in [7, 11) is 0. The Balaban J connectivity index is 0.00000243. The summed E-state index contributed by atoms with van der Waals surface area (Å²) in [4.78, 5) is 12.3. The number of benzene rings is 2. The van der Waals surface area contributed by atoms with Crippen LogP contribution in [0.5, 0.6) is 5.75 Å². The summed E-state index contributed by atoms with van der Waals surface area (Å²) >= 11 is 0. The number of para-hydroxylation sites is 1. The largest absolute Gasteiger partial charge is 0.489 e. The van der Waals surface area contributed by atoms with E-state index in [9.17, 15) is 4.79 Å². The second kappa shape index (κ2) is 10.2. The van der Waals surface area contributed by atoms with E-state index in [4.69, 9.17) is 10.5 Å². The minimum atomic E-state index is 0. The van der Waals surface area contributed by atoms with Crippen molar-refractivity contribution < 1.29 is 9.53 Å². The van der Waals surface area contributed by atoms with E-state index in [2.05, 4.69) is 5.32 Å². The summed E-state index contributed by atoms with van der Waals surface area (Å²) in [5.74, 6) is 1.07. The maximum Gasteiger partial charge on any atom is 0.223 e. The van der Waals surface area contributed by atoms with Gasteiger partial charge in [0.05, 0.1) is 0 Å². The van der Waals surface area contributed by atoms with Gasteiger partial charge in [-0.05, 0) is 42.5 Å². The molecule has 0 bridgehead atoms. The molecule has 2 aromatic carbocycles. The van der Waals surface area contributed by atoms with Gasteiger partial charge in [0.25, 0.3) is 0 Å². The van der Waals surface area contributed by atoms with Crippen LogP contribution in [0, 0.1) is 5.92 Å². The van der Waals surface area contributed by atoms with Gasteiger partial charge in [0.1, 0.15) is 12.4 Å². The summed E-state index contributed by atoms with van der Waals surface area (Å²) in [5, 5.41) is 3.04. The molecule has 2 atom stereocenters. The van der Waals surface area contributed by atoms with Crippen LogP contribution in [-0.2, 0) is 17.9 Å². The Labute approximate surface area is 161 Å². The fourth-order valence-corrected chi connectivity index (χ4v) is 3.24. The highest BCUT2D eigenvalue weighted by Crippen LogP contribution is 2.23. The average Bonchev–Trinajstić information content (AvgIpc) is 2.66. The highest BCUT2D eigenvalue weighted by Gasteiger charge is 2.24. The molecule has 1 aliphatic rings. The van der Waals surface area contributed by atoms with Gasteiger partial charge in [0.2, 0.25) is 5.91 Å². The molecule has 0 spiro atoms. The van der Waals surface area contributed by atoms with Gasteiger partial charge < -0.3 is 15.8 Å². The van der Waals surface area contributed by atoms with Crippen LogP contribution < -0.4 is 15.8 Å². The van der Waals surface area contributed by atoms with Crippen LogP contribution in [0.25, 0.3) is 0 Å². The molecule has 0 aliphatic heterocycles. The molecule has 5 heteroatoms. The fraction of sp³-hybridized carbons (Fsp3) is 0.381. The first-order valence-corrected chi connectivity index (χ1v) is 8.99. The number of ether oxygens (including phenoxy) is 1. The third kappa shape index (κ3) is 6.04. The third-order valence-corrected chi connectivity index (χ3v) is 4.72. The fourth-order valence-electron chi connectivity index (χ4n) is 3.24. The molecule has 26 heavy (non-hydrogen) atoms. The average molecular weight is 375 g/mol. The summed E-state index contributed by atoms with van der Waals surface area (Å²) in [5.41, 5.74) is 8.17. The third-order valence-electron chi connectivity index (χ3n) is 4.72. The lowest BCUT2D eigenvalue weighted by molar-refractivity contribution is -0.126. The molecule has 1 saturated carbocycles. The Morgan fingerprint density at radius 3 is 2.42 bits per heavy atom. The molecule has 4 nitrogen and oxygen atoms in total. The molecule has 140 valence electrons. The Kier molecular flexibility index (Phi) is 7.95. The van der Waals surface area contributed by atoms with Crippen LogP contribution in [-0.4, -0.2) is 11.9 Å². The summed E-state index contributed by atoms with van der Waals surface area (Å²) < 4.78 is 5.74. The van der Waals surface area contributed by atoms with Crippen LogP contribution in [0.15, 0.2) is 54.6 Å². The summed E-state index contributed by atoms with van der Waals surface area (Å²) in [6.45, 7) is 1.10. The Bertz CT molecular complexity index is 676. The zero-order valence-corrected chi connectivity index (χ0v) is 15.7. The van der Waals surface area contributed by atoms with E-state index in [0.717, 1.165) is 42.6 Å². The van der Waals surface area contributed by atoms with E-state index >= 15 is 0 Å². The van der Waals surface area contributed by atoms with Crippen molar-refractivity contribution in [2.45, 2.75) is 44.9 Å². The number of nitrogens with one attached hydrogen (secondary N) is 1. The van der Waals surface area contributed by atoms with Crippen molar-refractivity contribution in [3.8, 4) is 5.75 Å². The molecule has 1 aliphatic carbocycles. The molecule has 3 rings (SSSR count). The van der Waals surface area contributed by atoms with E-state index in [1.165, 1.54) is 0 Å². The molecule has 1 amide bonds. The number of rotatable bonds is 6. The molecule has 2 aromatic rings. The molecule has 0 aromatic heterocycles. The van der Waals surface area contributed by atoms with Gasteiger partial charge in [0, 0.05) is 18.5 Å². The molecule has 1 fully saturated rings. The van der Waals surface area contributed by atoms with Crippen molar-refractivity contribution in [2.24, 2.45) is 11.7 Å². The monoisotopic (exact) mass is 374 g/mol. The van der Waals surface area contributed by atoms with Crippen LogP contribution in [0.3, 0.4) is 0 Å². The summed E-state index contributed by atoms with van der Waals surface area (Å²) in [6, 6.07) is 18.1. The minimum Gasteiger partial charge on any atom is -0.489 e. The second-order valence-corrected chi connectivity index (χ2v) is 6.76. The first-order valence-electron chi connectivity index (χ1n) is 8.99. The molecule has 3 N–H and O–H groups in total. The van der Waals surface area contributed by atoms with Crippen LogP contribution in [0.4, 0.5) is 0 Å². The van der Waals surface area contributed by atoms with Gasteiger partial charge in [-0.2, -0.15) is 0 Å². The van der Waals surface area contributed by atoms with Crippen LogP contribution in [0.1, 0.15) is 36.8 Å². The Hall–Kier alpha value is -2.04. The topological polar surface area (TPSA) is 64.4 Å². The van der Waals surface area contributed by atoms with Gasteiger partial charge in [-0.15, -0.1) is 12.4 Å². The predicted octanol–water partition coefficient (Wildman–Crippen LogP) is 3.82. The van der Waals surface area contributed by atoms with Gasteiger partial charge in [0.15, 0.2) is 0 Å². The normalized spacial score (nSPS) is 19.3. The van der Waals surface area contributed by atoms with E-state index < -0.39 is 0 Å². The number of carbonyl (C=O) groups is 1. The quantitative estimate of drug-likeness (QED) is 0.807. The number of hydrogen-bond acceptors (Lipinski definition) is 3. The molecule has 0 heterocycles. The predicted molar refractivity (Wildman–Crippen MR) is 106 cm³/mol. The van der Waals surface area contributed by atoms with E-state index in [1.54, 1.807) is 0 Å². The first kappa shape index (κ1) is 20.3. The molecule has 0 saturated heterocycles. The highest BCUT2D eigenvalue weighted by atomic mass is 35.5. The van der Waals surface area contributed by atoms with Crippen LogP contribution in [0.2, 0.25) is 0 Å². The lowest BCUT2D eigenvalue weighted by atomic mass is 9.85. The van der Waals surface area contributed by atoms with Crippen molar-refractivity contribution >= 4 is 18.3 Å². The zero-order valence-electron chi connectivity index (χ0n) is 14.9. The summed E-state index contributed by atoms with van der Waals surface area (Å²) in [6.07, 6.45) is 3.85. The number of halogens is 1. The lowest BCUT2D eigenvalue weighted by Crippen LogP contribution is -2.37. The highest BCUT2D eigenvalue weighted by molar-refractivity contribution is 5.85. The standard InChI is InChI=1S/C21H26N2O2.ClH/c22-19-6-4-5-18(13-19)21(24)23-14-16-9-11-17(12-10-16)15-25-20-7-2-1-3-8-20;/h1-3,7-12,18-19H,4-6,13-15,22H2,(H,23,24);1H. The molecular weight excluding hydrogens is 348 g/mol. The molecule has 0 radical (unpaired) electrons. The maximum atomic E-state index is 12.3. The van der Waals surface area contributed by atoms with Gasteiger partial charge in [-0.3, -0.25) is 4.79 Å².